The average Bonchev–Trinajstić information content (AvgIpc) is 3.52. The van der Waals surface area contributed by atoms with Gasteiger partial charge < -0.3 is 14.2 Å². The molecular weight excluding hydrogens is 414 g/mol. The Bertz CT molecular complexity index is 1240. The Labute approximate surface area is 192 Å². The third kappa shape index (κ3) is 4.24. The molecule has 0 aliphatic carbocycles. The van der Waals surface area contributed by atoms with Crippen LogP contribution in [-0.2, 0) is 12.8 Å². The van der Waals surface area contributed by atoms with E-state index in [9.17, 15) is 4.79 Å². The summed E-state index contributed by atoms with van der Waals surface area (Å²) in [5, 5.41) is 3.96. The predicted molar refractivity (Wildman–Crippen MR) is 124 cm³/mol. The first-order chi connectivity index (χ1) is 16.2. The van der Waals surface area contributed by atoms with Crippen LogP contribution in [0.3, 0.4) is 0 Å². The number of hydrogen-bond donors (Lipinski definition) is 0. The van der Waals surface area contributed by atoms with E-state index in [0.29, 0.717) is 30.9 Å². The summed E-state index contributed by atoms with van der Waals surface area (Å²) in [6.07, 6.45) is 6.47. The fourth-order valence-electron chi connectivity index (χ4n) is 4.41. The van der Waals surface area contributed by atoms with Gasteiger partial charge in [0, 0.05) is 31.8 Å². The van der Waals surface area contributed by atoms with E-state index >= 15 is 0 Å². The van der Waals surface area contributed by atoms with Gasteiger partial charge in [-0.05, 0) is 47.4 Å². The van der Waals surface area contributed by atoms with Crippen LogP contribution >= 0.6 is 0 Å². The standard InChI is InChI=1S/C27H25N3O3/c1-2-30(27(31)23-18-29-33-25(23)15-19-7-4-3-5-8-19)26(22-9-6-13-28-17-22)21-10-11-24-20(16-21)12-14-32-24/h3-11,13,16-18,26H,2,12,14-15H2,1H3. The first-order valence-electron chi connectivity index (χ1n) is 11.2. The Morgan fingerprint density at radius 1 is 1.06 bits per heavy atom. The van der Waals surface area contributed by atoms with E-state index in [0.717, 1.165) is 28.9 Å². The Morgan fingerprint density at radius 3 is 2.73 bits per heavy atom. The normalized spacial score (nSPS) is 13.2. The van der Waals surface area contributed by atoms with E-state index in [2.05, 4.69) is 16.2 Å². The molecule has 0 bridgehead atoms. The minimum atomic E-state index is -0.290. The minimum absolute atomic E-state index is 0.115. The van der Waals surface area contributed by atoms with Gasteiger partial charge in [0.15, 0.2) is 5.76 Å². The number of pyridine rings is 1. The zero-order valence-electron chi connectivity index (χ0n) is 18.5. The number of aromatic nitrogens is 2. The van der Waals surface area contributed by atoms with Crippen molar-refractivity contribution < 1.29 is 14.1 Å². The van der Waals surface area contributed by atoms with Gasteiger partial charge in [-0.2, -0.15) is 0 Å². The molecule has 0 radical (unpaired) electrons. The topological polar surface area (TPSA) is 68.5 Å². The first-order valence-corrected chi connectivity index (χ1v) is 11.2. The van der Waals surface area contributed by atoms with Gasteiger partial charge in [0.25, 0.3) is 5.91 Å². The Kier molecular flexibility index (Phi) is 5.89. The summed E-state index contributed by atoms with van der Waals surface area (Å²) in [6.45, 7) is 3.19. The lowest BCUT2D eigenvalue weighted by molar-refractivity contribution is 0.0714. The molecule has 5 rings (SSSR count). The lowest BCUT2D eigenvalue weighted by Crippen LogP contribution is -2.36. The molecule has 6 nitrogen and oxygen atoms in total. The first kappa shape index (κ1) is 20.9. The van der Waals surface area contributed by atoms with Gasteiger partial charge in [0.1, 0.15) is 11.3 Å². The molecule has 6 heteroatoms. The van der Waals surface area contributed by atoms with Crippen molar-refractivity contribution >= 4 is 5.91 Å². The number of carbonyl (C=O) groups is 1. The van der Waals surface area contributed by atoms with Gasteiger partial charge >= 0.3 is 0 Å². The van der Waals surface area contributed by atoms with Crippen molar-refractivity contribution in [1.82, 2.24) is 15.0 Å². The highest BCUT2D eigenvalue weighted by Crippen LogP contribution is 2.34. The van der Waals surface area contributed by atoms with Crippen LogP contribution < -0.4 is 4.74 Å². The zero-order valence-corrected chi connectivity index (χ0v) is 18.5. The van der Waals surface area contributed by atoms with Crippen LogP contribution in [0.1, 0.15) is 51.3 Å². The van der Waals surface area contributed by atoms with Crippen LogP contribution in [0.5, 0.6) is 5.75 Å². The summed E-state index contributed by atoms with van der Waals surface area (Å²) in [5.74, 6) is 1.37. The highest BCUT2D eigenvalue weighted by Gasteiger charge is 2.30. The van der Waals surface area contributed by atoms with Crippen molar-refractivity contribution in [1.29, 1.82) is 0 Å². The third-order valence-corrected chi connectivity index (χ3v) is 6.03. The highest BCUT2D eigenvalue weighted by atomic mass is 16.5. The second-order valence-corrected chi connectivity index (χ2v) is 8.07. The van der Waals surface area contributed by atoms with Crippen molar-refractivity contribution in [3.05, 3.63) is 113 Å². The van der Waals surface area contributed by atoms with Gasteiger partial charge in [-0.1, -0.05) is 47.6 Å². The van der Waals surface area contributed by atoms with Gasteiger partial charge in [-0.3, -0.25) is 9.78 Å². The molecule has 2 aromatic carbocycles. The molecule has 1 unspecified atom stereocenters. The molecule has 0 fully saturated rings. The number of fused-ring (bicyclic) bond motifs is 1. The second-order valence-electron chi connectivity index (χ2n) is 8.07. The van der Waals surface area contributed by atoms with Crippen LogP contribution in [0, 0.1) is 0 Å². The lowest BCUT2D eigenvalue weighted by Gasteiger charge is -2.31. The molecule has 0 N–H and O–H groups in total. The van der Waals surface area contributed by atoms with Gasteiger partial charge in [0.05, 0.1) is 18.8 Å². The molecule has 1 amide bonds. The number of carbonyl (C=O) groups excluding carboxylic acids is 1. The van der Waals surface area contributed by atoms with Crippen molar-refractivity contribution in [2.75, 3.05) is 13.2 Å². The Balaban J connectivity index is 1.52. The summed E-state index contributed by atoms with van der Waals surface area (Å²) in [7, 11) is 0. The van der Waals surface area contributed by atoms with Crippen LogP contribution in [0.15, 0.2) is 83.8 Å². The van der Waals surface area contributed by atoms with E-state index in [4.69, 9.17) is 9.26 Å². The summed E-state index contributed by atoms with van der Waals surface area (Å²) in [4.78, 5) is 20.0. The third-order valence-electron chi connectivity index (χ3n) is 6.03. The van der Waals surface area contributed by atoms with Crippen molar-refractivity contribution in [2.24, 2.45) is 0 Å². The van der Waals surface area contributed by atoms with E-state index in [1.54, 1.807) is 6.20 Å². The van der Waals surface area contributed by atoms with Crippen molar-refractivity contribution in [2.45, 2.75) is 25.8 Å². The molecule has 166 valence electrons. The lowest BCUT2D eigenvalue weighted by atomic mass is 9.95. The maximum atomic E-state index is 13.9. The highest BCUT2D eigenvalue weighted by molar-refractivity contribution is 5.95. The van der Waals surface area contributed by atoms with Crippen LogP contribution in [0.2, 0.25) is 0 Å². The van der Waals surface area contributed by atoms with Gasteiger partial charge in [-0.25, -0.2) is 0 Å². The van der Waals surface area contributed by atoms with Gasteiger partial charge in [-0.15, -0.1) is 0 Å². The predicted octanol–water partition coefficient (Wildman–Crippen LogP) is 4.85. The summed E-state index contributed by atoms with van der Waals surface area (Å²) in [5.41, 5.74) is 4.70. The molecule has 3 heterocycles. The molecule has 0 saturated heterocycles. The van der Waals surface area contributed by atoms with Crippen LogP contribution in [0.25, 0.3) is 0 Å². The second kappa shape index (κ2) is 9.28. The maximum absolute atomic E-state index is 13.9. The van der Waals surface area contributed by atoms with Crippen LogP contribution in [-0.4, -0.2) is 34.1 Å². The summed E-state index contributed by atoms with van der Waals surface area (Å²) < 4.78 is 11.2. The number of benzene rings is 2. The fraction of sp³-hybridized carbons (Fsp3) is 0.222. The van der Waals surface area contributed by atoms with Crippen molar-refractivity contribution in [3.63, 3.8) is 0 Å². The van der Waals surface area contributed by atoms with Gasteiger partial charge in [0.2, 0.25) is 0 Å². The molecule has 4 aromatic rings. The largest absolute Gasteiger partial charge is 0.493 e. The molecule has 1 aliphatic heterocycles. The Hall–Kier alpha value is -3.93. The quantitative estimate of drug-likeness (QED) is 0.412. The number of ether oxygens (including phenoxy) is 1. The maximum Gasteiger partial charge on any atom is 0.259 e. The molecule has 33 heavy (non-hydrogen) atoms. The number of nitrogens with zero attached hydrogens (tertiary/aromatic N) is 3. The molecule has 1 atom stereocenters. The Morgan fingerprint density at radius 2 is 1.94 bits per heavy atom. The van der Waals surface area contributed by atoms with E-state index in [1.165, 1.54) is 11.8 Å². The van der Waals surface area contributed by atoms with Crippen LogP contribution in [0.4, 0.5) is 0 Å². The van der Waals surface area contributed by atoms with Crippen molar-refractivity contribution in [3.8, 4) is 5.75 Å². The monoisotopic (exact) mass is 439 g/mol. The zero-order chi connectivity index (χ0) is 22.6. The van der Waals surface area contributed by atoms with E-state index in [1.807, 2.05) is 72.6 Å². The molecule has 0 spiro atoms. The number of amides is 1. The number of hydrogen-bond acceptors (Lipinski definition) is 5. The van der Waals surface area contributed by atoms with E-state index in [-0.39, 0.29) is 11.9 Å². The minimum Gasteiger partial charge on any atom is -0.493 e. The molecular formula is C27H25N3O3. The molecule has 1 aliphatic rings. The fourth-order valence-corrected chi connectivity index (χ4v) is 4.41. The number of rotatable bonds is 7. The van der Waals surface area contributed by atoms with E-state index < -0.39 is 0 Å². The summed E-state index contributed by atoms with van der Waals surface area (Å²) >= 11 is 0. The SMILES string of the molecule is CCN(C(=O)c1cnoc1Cc1ccccc1)C(c1cccnc1)c1ccc2c(c1)CCO2. The molecule has 0 saturated carbocycles. The smallest absolute Gasteiger partial charge is 0.259 e. The summed E-state index contributed by atoms with van der Waals surface area (Å²) in [6, 6.07) is 19.7. The molecule has 2 aromatic heterocycles. The average molecular weight is 440 g/mol.